The van der Waals surface area contributed by atoms with Crippen molar-refractivity contribution in [2.24, 2.45) is 0 Å². The van der Waals surface area contributed by atoms with Crippen molar-refractivity contribution in [3.8, 4) is 0 Å². The molecule has 1 heterocycles. The van der Waals surface area contributed by atoms with Crippen LogP contribution < -0.4 is 0 Å². The lowest BCUT2D eigenvalue weighted by atomic mass is 9.77. The fourth-order valence-corrected chi connectivity index (χ4v) is 5.56. The number of carbonyl (C=O) groups is 1. The summed E-state index contributed by atoms with van der Waals surface area (Å²) in [4.78, 5) is 15.5. The molecule has 2 atom stereocenters. The van der Waals surface area contributed by atoms with Gasteiger partial charge in [-0.25, -0.2) is 8.42 Å². The van der Waals surface area contributed by atoms with E-state index in [4.69, 9.17) is 37.4 Å². The van der Waals surface area contributed by atoms with Crippen LogP contribution in [-0.4, -0.2) is 71.3 Å². The number of likely N-dealkylation sites (tertiary alicyclic amines) is 1. The van der Waals surface area contributed by atoms with Crippen molar-refractivity contribution >= 4 is 38.9 Å². The molecule has 182 valence electrons. The smallest absolute Gasteiger partial charge is 0.259 e. The Hall–Kier alpha value is -1.74. The van der Waals surface area contributed by atoms with Crippen LogP contribution in [0.3, 0.4) is 0 Å². The summed E-state index contributed by atoms with van der Waals surface area (Å²) in [6.45, 7) is 0.767. The largest absolute Gasteiger partial charge is 0.501 e. The zero-order valence-electron chi connectivity index (χ0n) is 19.2. The van der Waals surface area contributed by atoms with Crippen LogP contribution in [0.2, 0.25) is 10.0 Å². The summed E-state index contributed by atoms with van der Waals surface area (Å²) in [5, 5.41) is 0.808. The van der Waals surface area contributed by atoms with Crippen molar-refractivity contribution in [2.45, 2.75) is 30.3 Å². The number of ether oxygens (including phenoxy) is 3. The molecular formula is C23H29Cl2NO6S. The summed E-state index contributed by atoms with van der Waals surface area (Å²) >= 11 is 12.4. The second-order valence-electron chi connectivity index (χ2n) is 8.60. The number of allylic oxidation sites excluding steroid dienone is 1. The molecule has 0 N–H and O–H groups in total. The van der Waals surface area contributed by atoms with Crippen LogP contribution in [0, 0.1) is 0 Å². The first-order valence-corrected chi connectivity index (χ1v) is 13.3. The highest BCUT2D eigenvalue weighted by molar-refractivity contribution is 7.90. The molecule has 1 aliphatic carbocycles. The Balaban J connectivity index is 1.95. The van der Waals surface area contributed by atoms with Crippen molar-refractivity contribution in [3.05, 3.63) is 57.5 Å². The van der Waals surface area contributed by atoms with Crippen molar-refractivity contribution < 1.29 is 27.4 Å². The van der Waals surface area contributed by atoms with Gasteiger partial charge in [0.1, 0.15) is 21.4 Å². The van der Waals surface area contributed by atoms with Gasteiger partial charge in [0.2, 0.25) is 0 Å². The van der Waals surface area contributed by atoms with Crippen LogP contribution >= 0.6 is 23.2 Å². The number of amides is 1. The molecule has 1 fully saturated rings. The number of carbonyl (C=O) groups excluding carboxylic acids is 1. The molecule has 3 rings (SSSR count). The molecule has 2 unspecified atom stereocenters. The minimum atomic E-state index is -3.21. The van der Waals surface area contributed by atoms with Crippen molar-refractivity contribution in [1.82, 2.24) is 4.90 Å². The Morgan fingerprint density at radius 1 is 1.15 bits per heavy atom. The maximum atomic E-state index is 13.8. The summed E-state index contributed by atoms with van der Waals surface area (Å²) in [5.41, 5.74) is -1.00. The Morgan fingerprint density at radius 2 is 1.88 bits per heavy atom. The van der Waals surface area contributed by atoms with E-state index in [1.165, 1.54) is 27.6 Å². The second-order valence-corrected chi connectivity index (χ2v) is 11.7. The fraction of sp³-hybridized carbons (Fsp3) is 0.522. The van der Waals surface area contributed by atoms with Crippen LogP contribution in [0.15, 0.2) is 41.9 Å². The van der Waals surface area contributed by atoms with E-state index >= 15 is 0 Å². The van der Waals surface area contributed by atoms with Crippen LogP contribution in [0.25, 0.3) is 0 Å². The van der Waals surface area contributed by atoms with Gasteiger partial charge in [-0.15, -0.1) is 0 Å². The molecule has 2 aliphatic rings. The standard InChI is InChI=1S/C23H29Cl2NO6S/c1-30-17-12-18(31-2)14-23(13-17,32-3)21(27)26-9-7-22(15-26,8-10-33(4,28)29)16-5-6-19(24)20(25)11-16/h5-6,11-13H,7-10,14-15H2,1-4H3. The lowest BCUT2D eigenvalue weighted by Crippen LogP contribution is -2.50. The van der Waals surface area contributed by atoms with Gasteiger partial charge in [-0.1, -0.05) is 29.3 Å². The first-order valence-electron chi connectivity index (χ1n) is 10.5. The number of sulfone groups is 1. The van der Waals surface area contributed by atoms with E-state index in [1.54, 1.807) is 29.2 Å². The summed E-state index contributed by atoms with van der Waals surface area (Å²) in [6, 6.07) is 5.32. The number of rotatable bonds is 8. The molecule has 0 spiro atoms. The third kappa shape index (κ3) is 5.50. The minimum absolute atomic E-state index is 0.00498. The number of nitrogens with zero attached hydrogens (tertiary/aromatic N) is 1. The van der Waals surface area contributed by atoms with E-state index in [0.29, 0.717) is 47.5 Å². The predicted molar refractivity (Wildman–Crippen MR) is 128 cm³/mol. The molecule has 1 aromatic carbocycles. The Kier molecular flexibility index (Phi) is 7.73. The summed E-state index contributed by atoms with van der Waals surface area (Å²) in [6.07, 6.45) is 5.76. The highest BCUT2D eigenvalue weighted by atomic mass is 35.5. The fourth-order valence-electron chi connectivity index (χ4n) is 4.50. The average Bonchev–Trinajstić information content (AvgIpc) is 3.23. The maximum absolute atomic E-state index is 13.8. The minimum Gasteiger partial charge on any atom is -0.501 e. The maximum Gasteiger partial charge on any atom is 0.259 e. The first-order chi connectivity index (χ1) is 15.5. The molecule has 0 bridgehead atoms. The van der Waals surface area contributed by atoms with Gasteiger partial charge in [0.05, 0.1) is 30.0 Å². The monoisotopic (exact) mass is 517 g/mol. The number of hydrogen-bond donors (Lipinski definition) is 0. The lowest BCUT2D eigenvalue weighted by Gasteiger charge is -2.36. The van der Waals surface area contributed by atoms with Crippen molar-refractivity contribution in [2.75, 3.05) is 46.4 Å². The Morgan fingerprint density at radius 3 is 2.45 bits per heavy atom. The molecule has 7 nitrogen and oxygen atoms in total. The molecule has 1 saturated heterocycles. The Bertz CT molecular complexity index is 1090. The van der Waals surface area contributed by atoms with Gasteiger partial charge in [0.15, 0.2) is 5.60 Å². The van der Waals surface area contributed by atoms with Crippen molar-refractivity contribution in [1.29, 1.82) is 0 Å². The second kappa shape index (κ2) is 9.86. The van der Waals surface area contributed by atoms with Gasteiger partial charge in [0, 0.05) is 44.4 Å². The number of halogens is 2. The SMILES string of the molecule is COC1=CC(OC)(C(=O)N2CCC(CCS(C)(=O)=O)(c3ccc(Cl)c(Cl)c3)C2)CC(OC)=C1. The number of hydrogen-bond acceptors (Lipinski definition) is 6. The first kappa shape index (κ1) is 25.9. The summed E-state index contributed by atoms with van der Waals surface area (Å²) in [7, 11) is 1.32. The van der Waals surface area contributed by atoms with E-state index in [9.17, 15) is 13.2 Å². The van der Waals surface area contributed by atoms with Crippen LogP contribution in [0.1, 0.15) is 24.8 Å². The zero-order valence-corrected chi connectivity index (χ0v) is 21.5. The third-order valence-electron chi connectivity index (χ3n) is 6.46. The summed E-state index contributed by atoms with van der Waals surface area (Å²) in [5.74, 6) is 0.801. The molecule has 0 aromatic heterocycles. The van der Waals surface area contributed by atoms with Crippen LogP contribution in [0.4, 0.5) is 0 Å². The van der Waals surface area contributed by atoms with E-state index < -0.39 is 20.9 Å². The quantitative estimate of drug-likeness (QED) is 0.522. The molecule has 0 saturated carbocycles. The predicted octanol–water partition coefficient (Wildman–Crippen LogP) is 3.75. The van der Waals surface area contributed by atoms with Gasteiger partial charge in [-0.05, 0) is 36.6 Å². The molecule has 1 aromatic rings. The molecule has 0 radical (unpaired) electrons. The van der Waals surface area contributed by atoms with E-state index in [1.807, 2.05) is 6.07 Å². The molecular weight excluding hydrogens is 489 g/mol. The zero-order chi connectivity index (χ0) is 24.4. The Labute approximate surface area is 205 Å². The molecule has 1 aliphatic heterocycles. The van der Waals surface area contributed by atoms with Gasteiger partial charge in [0.25, 0.3) is 5.91 Å². The van der Waals surface area contributed by atoms with Crippen LogP contribution in [-0.2, 0) is 34.3 Å². The number of benzene rings is 1. The lowest BCUT2D eigenvalue weighted by molar-refractivity contribution is -0.149. The van der Waals surface area contributed by atoms with Gasteiger partial charge in [-0.3, -0.25) is 4.79 Å². The van der Waals surface area contributed by atoms with Gasteiger partial charge < -0.3 is 19.1 Å². The molecule has 33 heavy (non-hydrogen) atoms. The topological polar surface area (TPSA) is 82.1 Å². The highest BCUT2D eigenvalue weighted by Gasteiger charge is 2.49. The highest BCUT2D eigenvalue weighted by Crippen LogP contribution is 2.42. The van der Waals surface area contributed by atoms with E-state index in [2.05, 4.69) is 0 Å². The number of methoxy groups -OCH3 is 3. The third-order valence-corrected chi connectivity index (χ3v) is 8.15. The average molecular weight is 518 g/mol. The molecule has 1 amide bonds. The van der Waals surface area contributed by atoms with Gasteiger partial charge in [-0.2, -0.15) is 0 Å². The normalized spacial score (nSPS) is 25.5. The van der Waals surface area contributed by atoms with E-state index in [-0.39, 0.29) is 18.1 Å². The molecule has 10 heteroatoms. The van der Waals surface area contributed by atoms with Gasteiger partial charge >= 0.3 is 0 Å². The summed E-state index contributed by atoms with van der Waals surface area (Å²) < 4.78 is 40.5. The van der Waals surface area contributed by atoms with E-state index in [0.717, 1.165) is 5.56 Å². The van der Waals surface area contributed by atoms with Crippen molar-refractivity contribution in [3.63, 3.8) is 0 Å². The van der Waals surface area contributed by atoms with Crippen LogP contribution in [0.5, 0.6) is 0 Å².